The first kappa shape index (κ1) is 46.8. The second-order valence-electron chi connectivity index (χ2n) is 18.2. The van der Waals surface area contributed by atoms with Crippen molar-refractivity contribution >= 4 is 41.5 Å². The molecule has 1 saturated heterocycles. The number of aliphatic hydroxyl groups is 2. The summed E-state index contributed by atoms with van der Waals surface area (Å²) in [5, 5.41) is 31.2. The number of fused-ring (bicyclic) bond motifs is 5. The van der Waals surface area contributed by atoms with Crippen LogP contribution in [0.2, 0.25) is 0 Å². The van der Waals surface area contributed by atoms with E-state index in [9.17, 15) is 39.0 Å². The molecular weight excluding hydrogens is 841 g/mol. The average Bonchev–Trinajstić information content (AvgIpc) is 3.25. The summed E-state index contributed by atoms with van der Waals surface area (Å²) in [5.41, 5.74) is -6.79. The highest BCUT2D eigenvalue weighted by atomic mass is 16.6. The summed E-state index contributed by atoms with van der Waals surface area (Å²) in [7, 11) is 0. The van der Waals surface area contributed by atoms with Crippen LogP contribution in [0.1, 0.15) is 93.6 Å². The summed E-state index contributed by atoms with van der Waals surface area (Å²) in [6, 6.07) is 22.0. The highest BCUT2D eigenvalue weighted by Gasteiger charge is 2.78. The van der Waals surface area contributed by atoms with E-state index < -0.39 is 118 Å². The van der Waals surface area contributed by atoms with E-state index in [1.54, 1.807) is 99.6 Å². The van der Waals surface area contributed by atoms with E-state index in [0.29, 0.717) is 5.56 Å². The Morgan fingerprint density at radius 3 is 1.91 bits per heavy atom. The van der Waals surface area contributed by atoms with E-state index in [-0.39, 0.29) is 35.3 Å². The zero-order chi connectivity index (χ0) is 47.2. The fourth-order valence-corrected chi connectivity index (χ4v) is 10.7. The Morgan fingerprint density at radius 2 is 1.37 bits per heavy atom. The maximum absolute atomic E-state index is 15.8. The fourth-order valence-electron chi connectivity index (χ4n) is 10.7. The number of hydrogen-bond donors (Lipinski definition) is 4. The van der Waals surface area contributed by atoms with Crippen molar-refractivity contribution in [2.24, 2.45) is 16.7 Å². The maximum atomic E-state index is 15.8. The van der Waals surface area contributed by atoms with Crippen molar-refractivity contribution in [2.45, 2.75) is 115 Å². The zero-order valence-electron chi connectivity index (χ0n) is 37.2. The van der Waals surface area contributed by atoms with Gasteiger partial charge in [0.1, 0.15) is 23.9 Å². The average molecular weight is 895 g/mol. The van der Waals surface area contributed by atoms with E-state index in [1.807, 2.05) is 0 Å². The summed E-state index contributed by atoms with van der Waals surface area (Å²) >= 11 is 0. The lowest BCUT2D eigenvalue weighted by Gasteiger charge is -2.67. The van der Waals surface area contributed by atoms with E-state index in [2.05, 4.69) is 10.6 Å². The van der Waals surface area contributed by atoms with Gasteiger partial charge in [0.15, 0.2) is 23.6 Å². The maximum Gasteiger partial charge on any atom is 0.338 e. The molecule has 4 N–H and O–H groups in total. The Kier molecular flexibility index (Phi) is 12.7. The van der Waals surface area contributed by atoms with Gasteiger partial charge in [-0.3, -0.25) is 24.0 Å². The number of ketones is 1. The summed E-state index contributed by atoms with van der Waals surface area (Å²) in [6.45, 7) is 9.40. The number of rotatable bonds is 11. The van der Waals surface area contributed by atoms with Crippen LogP contribution in [-0.2, 0) is 47.7 Å². The molecule has 2 bridgehead atoms. The highest BCUT2D eigenvalue weighted by Crippen LogP contribution is 2.64. The summed E-state index contributed by atoms with van der Waals surface area (Å²) < 4.78 is 30.8. The van der Waals surface area contributed by atoms with Gasteiger partial charge in [0.2, 0.25) is 5.91 Å². The number of hydrogen-bond acceptors (Lipinski definition) is 14. The summed E-state index contributed by atoms with van der Waals surface area (Å²) in [6.07, 6.45) is -8.93. The first-order valence-electron chi connectivity index (χ1n) is 21.4. The number of Topliss-reactive ketones (excluding diaryl/α,β-unsaturated/α-hetero) is 1. The molecule has 344 valence electrons. The van der Waals surface area contributed by atoms with Gasteiger partial charge in [-0.15, -0.1) is 0 Å². The minimum atomic E-state index is -2.37. The SMILES string of the molecule is CC(=O)N[C@@H]1C[C@@]2(C)C(=O)[C@H](OC(C)=O)C3=C(C)[C@@H](OC(=O)[C@H](O)[C@@H](NC(=O)c4ccccc4)c4ccccc4)C[C@@](O)([C@@H](OC(=O)c4ccccc4)C2[C@]2(OC(C)=O)CO[C@H]12)C3(C)C. The zero-order valence-corrected chi connectivity index (χ0v) is 37.2. The number of benzene rings is 3. The van der Waals surface area contributed by atoms with Gasteiger partial charge in [0, 0.05) is 43.6 Å². The Hall–Kier alpha value is -6.23. The standard InChI is InChI=1S/C49H54N2O14/c1-26-34(63-45(59)37(55)36(30-17-11-8-12-18-30)51-43(57)31-19-13-9-14-20-31)24-49(60)42(64-44(58)32-21-15-10-16-22-32)39-47(7,40(56)38(62-28(3)53)35(26)46(49,5)6)23-33(50-27(2)52)41-48(39,25-61-41)65-29(4)54/h8-22,33-34,36-39,41-42,55,60H,23-25H2,1-7H3,(H,50,52)(H,51,57)/t33-,34+,36+,37-,38-,39?,41-,42+,47-,48-,49-/m1/s1. The lowest BCUT2D eigenvalue weighted by Crippen LogP contribution is -2.83. The lowest BCUT2D eigenvalue weighted by molar-refractivity contribution is -0.338. The highest BCUT2D eigenvalue weighted by molar-refractivity contribution is 5.96. The van der Waals surface area contributed by atoms with Crippen LogP contribution < -0.4 is 10.6 Å². The minimum Gasteiger partial charge on any atom is -0.456 e. The van der Waals surface area contributed by atoms with E-state index in [4.69, 9.17) is 23.7 Å². The van der Waals surface area contributed by atoms with E-state index in [0.717, 1.165) is 13.8 Å². The Labute approximate surface area is 376 Å². The van der Waals surface area contributed by atoms with Crippen molar-refractivity contribution in [1.82, 2.24) is 10.6 Å². The van der Waals surface area contributed by atoms with Crippen LogP contribution in [0.5, 0.6) is 0 Å². The molecule has 0 aromatic heterocycles. The lowest BCUT2D eigenvalue weighted by atomic mass is 9.44. The predicted octanol–water partition coefficient (Wildman–Crippen LogP) is 3.88. The van der Waals surface area contributed by atoms with Crippen molar-refractivity contribution in [3.05, 3.63) is 119 Å². The quantitative estimate of drug-likeness (QED) is 0.122. The molecule has 1 unspecified atom stereocenters. The number of carbonyl (C=O) groups is 7. The predicted molar refractivity (Wildman–Crippen MR) is 229 cm³/mol. The molecule has 7 rings (SSSR count). The Bertz CT molecular complexity index is 2410. The third kappa shape index (κ3) is 8.23. The van der Waals surface area contributed by atoms with E-state index >= 15 is 4.79 Å². The van der Waals surface area contributed by atoms with Crippen LogP contribution in [0.25, 0.3) is 0 Å². The molecule has 1 aliphatic heterocycles. The summed E-state index contributed by atoms with van der Waals surface area (Å²) in [5.74, 6) is -7.10. The van der Waals surface area contributed by atoms with Crippen LogP contribution in [0.15, 0.2) is 102 Å². The Balaban J connectivity index is 1.40. The molecule has 16 heteroatoms. The molecule has 11 atom stereocenters. The van der Waals surface area contributed by atoms with Gasteiger partial charge in [-0.2, -0.15) is 0 Å². The van der Waals surface area contributed by atoms with Gasteiger partial charge in [0.25, 0.3) is 5.91 Å². The number of nitrogens with one attached hydrogen (secondary N) is 2. The molecule has 3 fully saturated rings. The second kappa shape index (κ2) is 17.6. The third-order valence-electron chi connectivity index (χ3n) is 13.7. The van der Waals surface area contributed by atoms with Crippen molar-refractivity contribution in [3.63, 3.8) is 0 Å². The second-order valence-corrected chi connectivity index (χ2v) is 18.2. The van der Waals surface area contributed by atoms with Crippen LogP contribution in [-0.4, -0.2) is 106 Å². The van der Waals surface area contributed by atoms with Crippen molar-refractivity contribution in [2.75, 3.05) is 6.61 Å². The fraction of sp³-hybridized carbons (Fsp3) is 0.449. The monoisotopic (exact) mass is 894 g/mol. The largest absolute Gasteiger partial charge is 0.456 e. The minimum absolute atomic E-state index is 0.0285. The van der Waals surface area contributed by atoms with Crippen LogP contribution in [0.4, 0.5) is 0 Å². The van der Waals surface area contributed by atoms with Gasteiger partial charge >= 0.3 is 23.9 Å². The van der Waals surface area contributed by atoms with Gasteiger partial charge in [0.05, 0.1) is 30.2 Å². The molecule has 2 saturated carbocycles. The first-order chi connectivity index (χ1) is 30.7. The molecule has 65 heavy (non-hydrogen) atoms. The van der Waals surface area contributed by atoms with E-state index in [1.165, 1.54) is 26.0 Å². The molecule has 1 heterocycles. The summed E-state index contributed by atoms with van der Waals surface area (Å²) in [4.78, 5) is 97.0. The topological polar surface area (TPSA) is 230 Å². The smallest absolute Gasteiger partial charge is 0.338 e. The number of ether oxygens (including phenoxy) is 5. The molecule has 3 aliphatic carbocycles. The number of esters is 4. The molecule has 0 spiro atoms. The number of aliphatic hydroxyl groups excluding tert-OH is 1. The van der Waals surface area contributed by atoms with Crippen LogP contribution >= 0.6 is 0 Å². The molecule has 4 aliphatic rings. The van der Waals surface area contributed by atoms with Crippen molar-refractivity contribution in [1.29, 1.82) is 0 Å². The number of carbonyl (C=O) groups excluding carboxylic acids is 7. The third-order valence-corrected chi connectivity index (χ3v) is 13.7. The van der Waals surface area contributed by atoms with Crippen LogP contribution in [0.3, 0.4) is 0 Å². The van der Waals surface area contributed by atoms with Crippen LogP contribution in [0, 0.1) is 16.7 Å². The van der Waals surface area contributed by atoms with Crippen molar-refractivity contribution < 1.29 is 67.5 Å². The molecular formula is C49H54N2O14. The Morgan fingerprint density at radius 1 is 0.785 bits per heavy atom. The molecule has 2 amide bonds. The number of amides is 2. The molecule has 3 aromatic carbocycles. The van der Waals surface area contributed by atoms with Gasteiger partial charge < -0.3 is 44.5 Å². The van der Waals surface area contributed by atoms with Gasteiger partial charge in [-0.05, 0) is 54.3 Å². The molecule has 0 radical (unpaired) electrons. The van der Waals surface area contributed by atoms with Gasteiger partial charge in [-0.25, -0.2) is 9.59 Å². The van der Waals surface area contributed by atoms with Gasteiger partial charge in [-0.1, -0.05) is 87.5 Å². The molecule has 16 nitrogen and oxygen atoms in total. The van der Waals surface area contributed by atoms with Crippen molar-refractivity contribution in [3.8, 4) is 0 Å². The normalized spacial score (nSPS) is 30.8. The molecule has 3 aromatic rings. The first-order valence-corrected chi connectivity index (χ1v) is 21.4.